The molecule has 0 amide bonds. The van der Waals surface area contributed by atoms with Crippen molar-refractivity contribution in [3.8, 4) is 77.9 Å². The van der Waals surface area contributed by atoms with Crippen molar-refractivity contribution in [1.82, 2.24) is 0 Å². The summed E-state index contributed by atoms with van der Waals surface area (Å²) in [4.78, 5) is 0. The number of rotatable bonds is 9. The highest BCUT2D eigenvalue weighted by molar-refractivity contribution is 6.26. The van der Waals surface area contributed by atoms with Crippen LogP contribution in [0.25, 0.3) is 198 Å². The van der Waals surface area contributed by atoms with E-state index in [4.69, 9.17) is 20.1 Å². The molecule has 0 N–H and O–H groups in total. The first-order valence-corrected chi connectivity index (χ1v) is 41.4. The standard InChI is InChI=1S/C61H38O.C57H34O2/c1-4-17-41(18-5-1)56-47-24-12-14-26-49(47)57(50-27-15-13-25-48(50)56)42-30-28-39(29-31-42)43-33-37-55-52(38-43)51-34-36-54-59(60(51)62-55)58-46-23-11-10-16-40(46)32-35-53(58)61(54,44-19-6-2-7-20-44)45-21-8-3-9-22-45;1-4-16-35(17-5-1)51-39-22-10-12-24-41(39)52(42-25-13-11-23-40(42)51)36-28-32-49-45(34-36)43-29-30-47-55(56(43)59-49)54-46(31-33-50-53(54)44-26-14-15-27-48(44)58-50)57(47,37-18-6-2-7-19-37)38-20-8-3-9-21-38/h1-38H;1-34H/i;1D,4D,5D,16D,17D. The molecule has 3 heteroatoms. The Kier molecular flexibility index (Phi) is 14.1. The van der Waals surface area contributed by atoms with Gasteiger partial charge in [0.1, 0.15) is 33.5 Å². The van der Waals surface area contributed by atoms with Crippen molar-refractivity contribution in [2.75, 3.05) is 0 Å². The molecule has 3 aromatic heterocycles. The molecule has 0 spiro atoms. The van der Waals surface area contributed by atoms with Crippen molar-refractivity contribution in [2.45, 2.75) is 10.8 Å². The smallest absolute Gasteiger partial charge is 0.143 e. The zero-order chi connectivity index (χ0) is 83.8. The van der Waals surface area contributed by atoms with Gasteiger partial charge in [-0.25, -0.2) is 0 Å². The lowest BCUT2D eigenvalue weighted by Crippen LogP contribution is -2.28. The summed E-state index contributed by atoms with van der Waals surface area (Å²) in [6.07, 6.45) is 0. The molecule has 0 bridgehead atoms. The highest BCUT2D eigenvalue weighted by Crippen LogP contribution is 2.63. The molecule has 24 aromatic rings. The van der Waals surface area contributed by atoms with Crippen molar-refractivity contribution in [2.24, 2.45) is 0 Å². The van der Waals surface area contributed by atoms with Gasteiger partial charge in [0.15, 0.2) is 0 Å². The molecule has 3 heterocycles. The lowest BCUT2D eigenvalue weighted by atomic mass is 9.67. The van der Waals surface area contributed by atoms with Crippen LogP contribution in [0.1, 0.15) is 51.4 Å². The average Bonchev–Trinajstić information content (AvgIpc) is 1.51. The van der Waals surface area contributed by atoms with Crippen LogP contribution in [0.2, 0.25) is 0 Å². The second kappa shape index (κ2) is 26.9. The highest BCUT2D eigenvalue weighted by Gasteiger charge is 2.50. The zero-order valence-corrected chi connectivity index (χ0v) is 65.4. The molecule has 0 saturated carbocycles. The fourth-order valence-electron chi connectivity index (χ4n) is 21.3. The third-order valence-electron chi connectivity index (χ3n) is 26.2. The van der Waals surface area contributed by atoms with Gasteiger partial charge in [-0.05, 0) is 196 Å². The minimum absolute atomic E-state index is 0.192. The van der Waals surface area contributed by atoms with Crippen LogP contribution in [0.15, 0.2) is 450 Å². The Morgan fingerprint density at radius 2 is 0.512 bits per heavy atom. The fourth-order valence-corrected chi connectivity index (χ4v) is 21.3. The zero-order valence-electron chi connectivity index (χ0n) is 70.4. The van der Waals surface area contributed by atoms with Gasteiger partial charge in [-0.3, -0.25) is 0 Å². The second-order valence-corrected chi connectivity index (χ2v) is 32.1. The van der Waals surface area contributed by atoms with Gasteiger partial charge in [0, 0.05) is 49.0 Å². The van der Waals surface area contributed by atoms with Crippen LogP contribution in [0.3, 0.4) is 0 Å². The van der Waals surface area contributed by atoms with Crippen LogP contribution >= 0.6 is 0 Å². The van der Waals surface area contributed by atoms with Crippen LogP contribution < -0.4 is 0 Å². The molecule has 2 aliphatic rings. The summed E-state index contributed by atoms with van der Waals surface area (Å²) in [5.41, 5.74) is 28.2. The van der Waals surface area contributed by atoms with E-state index in [1.54, 1.807) is 0 Å². The Bertz CT molecular complexity index is 8470. The Balaban J connectivity index is 0.000000137. The van der Waals surface area contributed by atoms with E-state index in [1.165, 1.54) is 99.1 Å². The Morgan fingerprint density at radius 3 is 1.01 bits per heavy atom. The maximum absolute atomic E-state index is 9.00. The van der Waals surface area contributed by atoms with Crippen molar-refractivity contribution >= 4 is 120 Å². The molecular weight excluding hydrogens is 1470 g/mol. The molecule has 0 atom stereocenters. The Morgan fingerprint density at radius 1 is 0.182 bits per heavy atom. The van der Waals surface area contributed by atoms with Gasteiger partial charge in [-0.2, -0.15) is 0 Å². The first kappa shape index (κ1) is 63.5. The largest absolute Gasteiger partial charge is 0.456 e. The predicted octanol–water partition coefficient (Wildman–Crippen LogP) is 31.9. The van der Waals surface area contributed by atoms with Gasteiger partial charge in [-0.1, -0.05) is 400 Å². The minimum atomic E-state index is -0.655. The first-order chi connectivity index (χ1) is 62.1. The summed E-state index contributed by atoms with van der Waals surface area (Å²) in [7, 11) is 0. The summed E-state index contributed by atoms with van der Waals surface area (Å²) in [5.74, 6) is 0. The van der Waals surface area contributed by atoms with Crippen LogP contribution in [-0.2, 0) is 10.8 Å². The maximum atomic E-state index is 9.00. The predicted molar refractivity (Wildman–Crippen MR) is 504 cm³/mol. The summed E-state index contributed by atoms with van der Waals surface area (Å²) in [5, 5.41) is 17.3. The van der Waals surface area contributed by atoms with E-state index in [2.05, 4.69) is 358 Å². The Hall–Kier alpha value is -15.7. The van der Waals surface area contributed by atoms with E-state index < -0.39 is 16.9 Å². The summed E-state index contributed by atoms with van der Waals surface area (Å²) in [6.45, 7) is 0. The molecule has 0 saturated heterocycles. The summed E-state index contributed by atoms with van der Waals surface area (Å²) < 4.78 is 64.2. The van der Waals surface area contributed by atoms with E-state index in [9.17, 15) is 0 Å². The number of hydrogen-bond acceptors (Lipinski definition) is 3. The SMILES string of the molecule is [2H]c1c([2H])c([2H])c(-c2c3ccccc3c(-c3ccc4oc5c6c(ccc5c4c3)C(c3ccccc3)(c3ccccc3)c3ccc4oc5ccccc5c4c3-6)c3ccccc23)c([2H])c1[2H].c1ccc(-c2c3ccccc3c(-c3ccc(-c4ccc5oc6c7c(ccc6c5c4)C(c4ccccc4)(c4ccccc4)c4ccc5ccccc5c4-7)cc3)c3ccccc23)cc1. The molecule has 562 valence electrons. The lowest BCUT2D eigenvalue weighted by Gasteiger charge is -2.33. The maximum Gasteiger partial charge on any atom is 0.143 e. The lowest BCUT2D eigenvalue weighted by molar-refractivity contribution is 0.668. The minimum Gasteiger partial charge on any atom is -0.456 e. The van der Waals surface area contributed by atoms with Crippen molar-refractivity contribution in [3.63, 3.8) is 0 Å². The van der Waals surface area contributed by atoms with E-state index in [-0.39, 0.29) is 29.7 Å². The van der Waals surface area contributed by atoms with Crippen molar-refractivity contribution in [1.29, 1.82) is 0 Å². The molecule has 21 aromatic carbocycles. The molecule has 0 fully saturated rings. The average molecular weight is 1540 g/mol. The number of hydrogen-bond donors (Lipinski definition) is 0. The van der Waals surface area contributed by atoms with Gasteiger partial charge in [0.2, 0.25) is 0 Å². The number of furan rings is 3. The second-order valence-electron chi connectivity index (χ2n) is 32.1. The normalized spacial score (nSPS) is 13.7. The van der Waals surface area contributed by atoms with Gasteiger partial charge < -0.3 is 13.3 Å². The Labute approximate surface area is 705 Å². The molecule has 0 aliphatic heterocycles. The van der Waals surface area contributed by atoms with E-state index in [0.29, 0.717) is 5.56 Å². The fraction of sp³-hybridized carbons (Fsp3) is 0.0169. The first-order valence-electron chi connectivity index (χ1n) is 43.9. The number of para-hydroxylation sites is 1. The van der Waals surface area contributed by atoms with E-state index in [0.717, 1.165) is 132 Å². The van der Waals surface area contributed by atoms with Crippen molar-refractivity contribution in [3.05, 3.63) is 481 Å². The molecule has 121 heavy (non-hydrogen) atoms. The van der Waals surface area contributed by atoms with Crippen LogP contribution in [0.5, 0.6) is 0 Å². The third-order valence-corrected chi connectivity index (χ3v) is 26.2. The molecule has 3 nitrogen and oxygen atoms in total. The van der Waals surface area contributed by atoms with Crippen LogP contribution in [0.4, 0.5) is 0 Å². The monoisotopic (exact) mass is 1540 g/mol. The molecule has 0 radical (unpaired) electrons. The molecule has 2 aliphatic carbocycles. The summed E-state index contributed by atoms with van der Waals surface area (Å²) in [6, 6.07) is 144. The van der Waals surface area contributed by atoms with Gasteiger partial charge in [0.25, 0.3) is 0 Å². The molecular formula is C118H72O3. The molecule has 0 unspecified atom stereocenters. The highest BCUT2D eigenvalue weighted by atomic mass is 16.3. The molecule has 26 rings (SSSR count). The van der Waals surface area contributed by atoms with Crippen molar-refractivity contribution < 1.29 is 20.1 Å². The number of benzene rings is 21. The van der Waals surface area contributed by atoms with Gasteiger partial charge in [-0.15, -0.1) is 0 Å². The third kappa shape index (κ3) is 10.0. The quantitative estimate of drug-likeness (QED) is 0.135. The number of fused-ring (bicyclic) bond motifs is 24. The summed E-state index contributed by atoms with van der Waals surface area (Å²) >= 11 is 0. The van der Waals surface area contributed by atoms with Gasteiger partial charge in [0.05, 0.1) is 17.7 Å². The van der Waals surface area contributed by atoms with E-state index >= 15 is 0 Å². The van der Waals surface area contributed by atoms with E-state index in [1.807, 2.05) is 48.5 Å². The van der Waals surface area contributed by atoms with Gasteiger partial charge >= 0.3 is 0 Å². The topological polar surface area (TPSA) is 39.4 Å². The van der Waals surface area contributed by atoms with Crippen LogP contribution in [-0.4, -0.2) is 0 Å². The van der Waals surface area contributed by atoms with Crippen LogP contribution in [0, 0.1) is 0 Å².